The van der Waals surface area contributed by atoms with Crippen molar-refractivity contribution in [2.24, 2.45) is 0 Å². The molecule has 0 aliphatic rings. The van der Waals surface area contributed by atoms with Gasteiger partial charge in [0.15, 0.2) is 0 Å². The summed E-state index contributed by atoms with van der Waals surface area (Å²) >= 11 is 6.60. The third-order valence-electron chi connectivity index (χ3n) is 1.78. The Hall–Kier alpha value is -0.0600. The molecule has 0 amide bonds. The minimum atomic E-state index is 0.247. The highest BCUT2D eigenvalue weighted by atomic mass is 79.9. The summed E-state index contributed by atoms with van der Waals surface area (Å²) in [4.78, 5) is 0. The van der Waals surface area contributed by atoms with Crippen LogP contribution >= 0.6 is 31.9 Å². The molecule has 0 radical (unpaired) electrons. The number of hydrogen-bond acceptors (Lipinski definition) is 1. The Kier molecular flexibility index (Phi) is 3.05. The highest BCUT2D eigenvalue weighted by Crippen LogP contribution is 2.36. The summed E-state index contributed by atoms with van der Waals surface area (Å²) in [6.45, 7) is 0. The predicted molar refractivity (Wildman–Crippen MR) is 63.1 cm³/mol. The van der Waals surface area contributed by atoms with Crippen molar-refractivity contribution >= 4 is 37.5 Å². The molecule has 0 atom stereocenters. The second kappa shape index (κ2) is 3.59. The molecule has 1 rings (SSSR count). The Labute approximate surface area is 95.0 Å². The van der Waals surface area contributed by atoms with Crippen LogP contribution in [-0.2, 0) is 0 Å². The molecule has 0 aliphatic heterocycles. The quantitative estimate of drug-likeness (QED) is 0.790. The molecule has 0 saturated heterocycles. The number of halogens is 2. The first kappa shape index (κ1) is 11.0. The van der Waals surface area contributed by atoms with E-state index < -0.39 is 0 Å². The maximum absolute atomic E-state index is 9.50. The van der Waals surface area contributed by atoms with Gasteiger partial charge in [0.1, 0.15) is 11.4 Å². The van der Waals surface area contributed by atoms with Gasteiger partial charge in [0.25, 0.3) is 0 Å². The molecule has 13 heavy (non-hydrogen) atoms. The third kappa shape index (κ3) is 2.45. The van der Waals surface area contributed by atoms with Crippen LogP contribution in [0.15, 0.2) is 21.1 Å². The largest absolute Gasteiger partial charge is 0.506 e. The van der Waals surface area contributed by atoms with Crippen molar-refractivity contribution < 1.29 is 5.11 Å². The second-order valence-electron chi connectivity index (χ2n) is 3.77. The first-order valence-electron chi connectivity index (χ1n) is 3.82. The lowest BCUT2D eigenvalue weighted by Crippen LogP contribution is -2.34. The molecule has 0 aliphatic carbocycles. The number of benzene rings is 1. The van der Waals surface area contributed by atoms with Crippen LogP contribution in [0.1, 0.15) is 0 Å². The van der Waals surface area contributed by atoms with E-state index >= 15 is 0 Å². The van der Waals surface area contributed by atoms with Crippen LogP contribution < -0.4 is 4.48 Å². The highest BCUT2D eigenvalue weighted by molar-refractivity contribution is 9.11. The fourth-order valence-electron chi connectivity index (χ4n) is 0.939. The molecule has 0 spiro atoms. The molecule has 0 fully saturated rings. The summed E-state index contributed by atoms with van der Waals surface area (Å²) in [5, 5.41) is 9.50. The topological polar surface area (TPSA) is 20.2 Å². The minimum absolute atomic E-state index is 0.247. The van der Waals surface area contributed by atoms with Gasteiger partial charge < -0.3 is 5.11 Å². The van der Waals surface area contributed by atoms with Gasteiger partial charge in [0.2, 0.25) is 0 Å². The summed E-state index contributed by atoms with van der Waals surface area (Å²) in [7, 11) is 6.22. The van der Waals surface area contributed by atoms with Crippen molar-refractivity contribution in [1.29, 1.82) is 0 Å². The molecule has 4 heteroatoms. The zero-order valence-corrected chi connectivity index (χ0v) is 11.0. The van der Waals surface area contributed by atoms with Gasteiger partial charge in [-0.2, -0.15) is 0 Å². The van der Waals surface area contributed by atoms with E-state index in [1.807, 2.05) is 12.1 Å². The van der Waals surface area contributed by atoms with E-state index in [-0.39, 0.29) is 5.75 Å². The van der Waals surface area contributed by atoms with E-state index in [1.54, 1.807) is 0 Å². The number of hydrogen-bond donors (Lipinski definition) is 1. The van der Waals surface area contributed by atoms with Gasteiger partial charge in [0.05, 0.1) is 30.1 Å². The molecule has 0 heterocycles. The van der Waals surface area contributed by atoms with Crippen molar-refractivity contribution in [3.63, 3.8) is 0 Å². The lowest BCUT2D eigenvalue weighted by atomic mass is 10.2. The molecule has 0 aromatic heterocycles. The van der Waals surface area contributed by atoms with Crippen molar-refractivity contribution in [3.8, 4) is 5.75 Å². The molecular formula is C9H12Br2NO+. The second-order valence-corrected chi connectivity index (χ2v) is 5.48. The van der Waals surface area contributed by atoms with Crippen molar-refractivity contribution in [3.05, 3.63) is 21.1 Å². The molecule has 1 aromatic carbocycles. The van der Waals surface area contributed by atoms with Crippen LogP contribution in [0.5, 0.6) is 5.75 Å². The smallest absolute Gasteiger partial charge is 0.144 e. The molecule has 1 aromatic rings. The van der Waals surface area contributed by atoms with Crippen LogP contribution in [0.4, 0.5) is 5.69 Å². The summed E-state index contributed by atoms with van der Waals surface area (Å²) in [6.07, 6.45) is 0. The van der Waals surface area contributed by atoms with Gasteiger partial charge >= 0.3 is 0 Å². The molecule has 2 nitrogen and oxygen atoms in total. The van der Waals surface area contributed by atoms with Crippen molar-refractivity contribution in [1.82, 2.24) is 4.48 Å². The zero-order chi connectivity index (χ0) is 10.2. The number of rotatable bonds is 1. The van der Waals surface area contributed by atoms with Gasteiger partial charge in [0, 0.05) is 12.1 Å². The Morgan fingerprint density at radius 3 is 1.77 bits per heavy atom. The van der Waals surface area contributed by atoms with Crippen LogP contribution in [0, 0.1) is 0 Å². The standard InChI is InChI=1S/C9H11Br2NO/c1-12(2,3)6-4-7(10)9(13)8(11)5-6/h4-5H,1-3H3/p+1. The number of nitrogens with zero attached hydrogens (tertiary/aromatic N) is 1. The lowest BCUT2D eigenvalue weighted by molar-refractivity contribution is 0.462. The van der Waals surface area contributed by atoms with Gasteiger partial charge in [-0.1, -0.05) is 0 Å². The summed E-state index contributed by atoms with van der Waals surface area (Å²) in [6, 6.07) is 3.83. The molecule has 0 bridgehead atoms. The SMILES string of the molecule is C[N+](C)(C)c1cc(Br)c(O)c(Br)c1. The Balaban J connectivity index is 3.29. The Morgan fingerprint density at radius 2 is 1.46 bits per heavy atom. The molecular weight excluding hydrogens is 298 g/mol. The van der Waals surface area contributed by atoms with E-state index in [9.17, 15) is 5.11 Å². The maximum atomic E-state index is 9.50. The lowest BCUT2D eigenvalue weighted by Gasteiger charge is -2.24. The van der Waals surface area contributed by atoms with Crippen molar-refractivity contribution in [2.75, 3.05) is 21.1 Å². The number of quaternary nitrogens is 1. The zero-order valence-electron chi connectivity index (χ0n) is 7.81. The first-order chi connectivity index (χ1) is 5.82. The van der Waals surface area contributed by atoms with Crippen LogP contribution in [0.3, 0.4) is 0 Å². The number of aromatic hydroxyl groups is 1. The van der Waals surface area contributed by atoms with Crippen LogP contribution in [0.2, 0.25) is 0 Å². The van der Waals surface area contributed by atoms with Gasteiger partial charge in [-0.3, -0.25) is 4.48 Å². The summed E-state index contributed by atoms with van der Waals surface area (Å²) < 4.78 is 2.15. The molecule has 0 unspecified atom stereocenters. The maximum Gasteiger partial charge on any atom is 0.144 e. The van der Waals surface area contributed by atoms with E-state index in [4.69, 9.17) is 0 Å². The fourth-order valence-corrected chi connectivity index (χ4v) is 2.10. The first-order valence-corrected chi connectivity index (χ1v) is 5.41. The van der Waals surface area contributed by atoms with Gasteiger partial charge in [-0.15, -0.1) is 0 Å². The Morgan fingerprint density at radius 1 is 1.08 bits per heavy atom. The number of phenols is 1. The average Bonchev–Trinajstić information content (AvgIpc) is 1.97. The molecule has 1 N–H and O–H groups in total. The predicted octanol–water partition coefficient (Wildman–Crippen LogP) is 3.11. The minimum Gasteiger partial charge on any atom is -0.506 e. The highest BCUT2D eigenvalue weighted by Gasteiger charge is 2.16. The van der Waals surface area contributed by atoms with Crippen LogP contribution in [0.25, 0.3) is 0 Å². The van der Waals surface area contributed by atoms with Gasteiger partial charge in [-0.05, 0) is 31.9 Å². The monoisotopic (exact) mass is 308 g/mol. The summed E-state index contributed by atoms with van der Waals surface area (Å²) in [5.74, 6) is 0.247. The fraction of sp³-hybridized carbons (Fsp3) is 0.333. The molecule has 72 valence electrons. The van der Waals surface area contributed by atoms with E-state index in [0.29, 0.717) is 8.95 Å². The van der Waals surface area contributed by atoms with Crippen molar-refractivity contribution in [2.45, 2.75) is 0 Å². The van der Waals surface area contributed by atoms with E-state index in [2.05, 4.69) is 53.0 Å². The van der Waals surface area contributed by atoms with Gasteiger partial charge in [-0.25, -0.2) is 0 Å². The van der Waals surface area contributed by atoms with E-state index in [0.717, 1.165) is 10.2 Å². The Bertz CT molecular complexity index is 308. The normalized spacial score (nSPS) is 11.8. The molecule has 0 saturated carbocycles. The van der Waals surface area contributed by atoms with Crippen LogP contribution in [-0.4, -0.2) is 26.2 Å². The van der Waals surface area contributed by atoms with E-state index in [1.165, 1.54) is 0 Å². The summed E-state index contributed by atoms with van der Waals surface area (Å²) in [5.41, 5.74) is 1.12. The number of phenolic OH excluding ortho intramolecular Hbond substituents is 1. The average molecular weight is 310 g/mol. The third-order valence-corrected chi connectivity index (χ3v) is 2.99.